The van der Waals surface area contributed by atoms with Gasteiger partial charge in [-0.25, -0.2) is 4.79 Å². The lowest BCUT2D eigenvalue weighted by Crippen LogP contribution is -2.53. The number of nitrogens with one attached hydrogen (secondary N) is 1. The molecule has 0 bridgehead atoms. The maximum absolute atomic E-state index is 13.1. The summed E-state index contributed by atoms with van der Waals surface area (Å²) in [6, 6.07) is 17.4. The first-order valence-electron chi connectivity index (χ1n) is 9.59. The molecule has 0 aliphatic carbocycles. The molecule has 1 heterocycles. The third-order valence-corrected chi connectivity index (χ3v) is 5.12. The fourth-order valence-corrected chi connectivity index (χ4v) is 3.51. The van der Waals surface area contributed by atoms with E-state index < -0.39 is 17.8 Å². The quantitative estimate of drug-likeness (QED) is 0.508. The summed E-state index contributed by atoms with van der Waals surface area (Å²) in [5.41, 5.74) is 1.30. The third kappa shape index (κ3) is 3.85. The fourth-order valence-electron chi connectivity index (χ4n) is 3.51. The van der Waals surface area contributed by atoms with Crippen LogP contribution < -0.4 is 14.8 Å². The summed E-state index contributed by atoms with van der Waals surface area (Å²) < 4.78 is 10.5. The smallest absolute Gasteiger partial charge is 0.331 e. The number of urea groups is 1. The van der Waals surface area contributed by atoms with Crippen LogP contribution in [0, 0.1) is 0 Å². The Morgan fingerprint density at radius 1 is 0.871 bits per heavy atom. The highest BCUT2D eigenvalue weighted by Crippen LogP contribution is 2.30. The van der Waals surface area contributed by atoms with Crippen LogP contribution in [0.4, 0.5) is 4.79 Å². The van der Waals surface area contributed by atoms with E-state index in [4.69, 9.17) is 9.47 Å². The number of hydrogen-bond donors (Lipinski definition) is 1. The van der Waals surface area contributed by atoms with E-state index in [-0.39, 0.29) is 12.1 Å². The third-order valence-electron chi connectivity index (χ3n) is 5.12. The molecule has 1 N–H and O–H groups in total. The Labute approximate surface area is 178 Å². The first-order chi connectivity index (χ1) is 15.0. The highest BCUT2D eigenvalue weighted by molar-refractivity contribution is 6.31. The molecule has 3 aromatic carbocycles. The molecule has 1 saturated heterocycles. The van der Waals surface area contributed by atoms with E-state index in [1.54, 1.807) is 50.6 Å². The molecule has 3 aromatic rings. The van der Waals surface area contributed by atoms with Crippen LogP contribution >= 0.6 is 0 Å². The van der Waals surface area contributed by atoms with Gasteiger partial charge in [-0.3, -0.25) is 19.8 Å². The van der Waals surface area contributed by atoms with Crippen LogP contribution in [0.1, 0.15) is 11.1 Å². The van der Waals surface area contributed by atoms with Crippen LogP contribution in [-0.4, -0.2) is 37.0 Å². The van der Waals surface area contributed by atoms with Gasteiger partial charge in [0.05, 0.1) is 20.8 Å². The SMILES string of the molecule is COc1ccc(CN2C(=O)NC(=O)/C(=C/c3ccc(OC)c4ccccc34)C2=O)cc1. The second-order valence-corrected chi connectivity index (χ2v) is 6.96. The van der Waals surface area contributed by atoms with E-state index in [2.05, 4.69) is 5.32 Å². The number of methoxy groups -OCH3 is 2. The van der Waals surface area contributed by atoms with Crippen LogP contribution in [-0.2, 0) is 16.1 Å². The number of imide groups is 2. The Kier molecular flexibility index (Phi) is 5.41. The molecule has 1 aliphatic rings. The summed E-state index contributed by atoms with van der Waals surface area (Å²) in [5, 5.41) is 3.94. The summed E-state index contributed by atoms with van der Waals surface area (Å²) in [4.78, 5) is 38.9. The number of rotatable bonds is 5. The maximum atomic E-state index is 13.1. The van der Waals surface area contributed by atoms with Gasteiger partial charge in [-0.15, -0.1) is 0 Å². The molecule has 4 amide bonds. The van der Waals surface area contributed by atoms with Crippen molar-refractivity contribution in [1.29, 1.82) is 0 Å². The van der Waals surface area contributed by atoms with Crippen LogP contribution in [0.25, 0.3) is 16.8 Å². The second kappa shape index (κ2) is 8.31. The monoisotopic (exact) mass is 416 g/mol. The Morgan fingerprint density at radius 2 is 1.58 bits per heavy atom. The number of benzene rings is 3. The number of carbonyl (C=O) groups excluding carboxylic acids is 3. The molecule has 7 heteroatoms. The summed E-state index contributed by atoms with van der Waals surface area (Å²) in [5.74, 6) is -0.0147. The summed E-state index contributed by atoms with van der Waals surface area (Å²) in [6.07, 6.45) is 1.51. The van der Waals surface area contributed by atoms with Crippen LogP contribution in [0.15, 0.2) is 66.2 Å². The van der Waals surface area contributed by atoms with Gasteiger partial charge in [0, 0.05) is 5.39 Å². The van der Waals surface area contributed by atoms with Gasteiger partial charge >= 0.3 is 6.03 Å². The minimum absolute atomic E-state index is 0.0304. The van der Waals surface area contributed by atoms with Gasteiger partial charge in [0.2, 0.25) is 0 Å². The fraction of sp³-hybridized carbons (Fsp3) is 0.125. The average Bonchev–Trinajstić information content (AvgIpc) is 2.79. The van der Waals surface area contributed by atoms with Crippen molar-refractivity contribution < 1.29 is 23.9 Å². The van der Waals surface area contributed by atoms with Gasteiger partial charge < -0.3 is 9.47 Å². The van der Waals surface area contributed by atoms with E-state index in [1.807, 2.05) is 24.3 Å². The number of carbonyl (C=O) groups is 3. The van der Waals surface area contributed by atoms with E-state index in [9.17, 15) is 14.4 Å². The first-order valence-corrected chi connectivity index (χ1v) is 9.59. The van der Waals surface area contributed by atoms with Crippen molar-refractivity contribution in [3.05, 3.63) is 77.4 Å². The van der Waals surface area contributed by atoms with Crippen LogP contribution in [0.5, 0.6) is 11.5 Å². The predicted molar refractivity (Wildman–Crippen MR) is 116 cm³/mol. The topological polar surface area (TPSA) is 84.9 Å². The van der Waals surface area contributed by atoms with Gasteiger partial charge in [0.25, 0.3) is 11.8 Å². The second-order valence-electron chi connectivity index (χ2n) is 6.96. The van der Waals surface area contributed by atoms with Crippen molar-refractivity contribution in [2.45, 2.75) is 6.54 Å². The molecular weight excluding hydrogens is 396 g/mol. The van der Waals surface area contributed by atoms with Gasteiger partial charge in [0.15, 0.2) is 0 Å². The Hall–Kier alpha value is -4.13. The number of amides is 4. The lowest BCUT2D eigenvalue weighted by atomic mass is 10.00. The van der Waals surface area contributed by atoms with Gasteiger partial charge in [-0.2, -0.15) is 0 Å². The summed E-state index contributed by atoms with van der Waals surface area (Å²) in [7, 11) is 3.14. The molecule has 0 atom stereocenters. The van der Waals surface area contributed by atoms with Gasteiger partial charge in [0.1, 0.15) is 17.1 Å². The van der Waals surface area contributed by atoms with Crippen molar-refractivity contribution in [1.82, 2.24) is 10.2 Å². The molecule has 0 spiro atoms. The Balaban J connectivity index is 1.70. The summed E-state index contributed by atoms with van der Waals surface area (Å²) >= 11 is 0. The molecule has 0 aromatic heterocycles. The molecule has 156 valence electrons. The number of nitrogens with zero attached hydrogens (tertiary/aromatic N) is 1. The highest BCUT2D eigenvalue weighted by atomic mass is 16.5. The maximum Gasteiger partial charge on any atom is 0.331 e. The molecule has 1 aliphatic heterocycles. The van der Waals surface area contributed by atoms with E-state index in [1.165, 1.54) is 6.08 Å². The van der Waals surface area contributed by atoms with E-state index in [0.29, 0.717) is 17.1 Å². The van der Waals surface area contributed by atoms with Gasteiger partial charge in [-0.05, 0) is 40.8 Å². The molecule has 31 heavy (non-hydrogen) atoms. The normalized spacial score (nSPS) is 15.4. The zero-order valence-corrected chi connectivity index (χ0v) is 17.0. The number of barbiturate groups is 1. The van der Waals surface area contributed by atoms with Crippen molar-refractivity contribution in [2.75, 3.05) is 14.2 Å². The van der Waals surface area contributed by atoms with Crippen LogP contribution in [0.3, 0.4) is 0 Å². The van der Waals surface area contributed by atoms with E-state index in [0.717, 1.165) is 21.2 Å². The molecular formula is C24H20N2O5. The average molecular weight is 416 g/mol. The number of fused-ring (bicyclic) bond motifs is 1. The molecule has 4 rings (SSSR count). The summed E-state index contributed by atoms with van der Waals surface area (Å²) in [6.45, 7) is 0.0304. The first kappa shape index (κ1) is 20.2. The zero-order chi connectivity index (χ0) is 22.0. The van der Waals surface area contributed by atoms with Crippen molar-refractivity contribution in [2.24, 2.45) is 0 Å². The van der Waals surface area contributed by atoms with Gasteiger partial charge in [-0.1, -0.05) is 42.5 Å². The van der Waals surface area contributed by atoms with Crippen LogP contribution in [0.2, 0.25) is 0 Å². The minimum atomic E-state index is -0.748. The van der Waals surface area contributed by atoms with E-state index >= 15 is 0 Å². The molecule has 7 nitrogen and oxygen atoms in total. The predicted octanol–water partition coefficient (Wildman–Crippen LogP) is 3.52. The highest BCUT2D eigenvalue weighted by Gasteiger charge is 2.35. The van der Waals surface area contributed by atoms with Crippen molar-refractivity contribution in [3.63, 3.8) is 0 Å². The number of ether oxygens (including phenoxy) is 2. The molecule has 0 saturated carbocycles. The lowest BCUT2D eigenvalue weighted by molar-refractivity contribution is -0.130. The lowest BCUT2D eigenvalue weighted by Gasteiger charge is -2.26. The van der Waals surface area contributed by atoms with Crippen molar-refractivity contribution >= 4 is 34.7 Å². The molecule has 1 fully saturated rings. The molecule has 0 radical (unpaired) electrons. The molecule has 0 unspecified atom stereocenters. The standard InChI is InChI=1S/C24H20N2O5/c1-30-17-10-7-15(8-11-17)14-26-23(28)20(22(27)25-24(26)29)13-16-9-12-21(31-2)19-6-4-3-5-18(16)19/h3-13H,14H2,1-2H3,(H,25,27,29)/b20-13-. The minimum Gasteiger partial charge on any atom is -0.497 e. The Bertz CT molecular complexity index is 1210. The number of hydrogen-bond acceptors (Lipinski definition) is 5. The van der Waals surface area contributed by atoms with Crippen molar-refractivity contribution in [3.8, 4) is 11.5 Å². The zero-order valence-electron chi connectivity index (χ0n) is 17.0. The Morgan fingerprint density at radius 3 is 2.26 bits per heavy atom. The largest absolute Gasteiger partial charge is 0.497 e.